The normalized spacial score (nSPS) is 14.0. The van der Waals surface area contributed by atoms with E-state index in [1.165, 1.54) is 6.07 Å². The number of carboxylic acid groups (broad SMARTS) is 1. The summed E-state index contributed by atoms with van der Waals surface area (Å²) in [6.07, 6.45) is 1.60. The molecule has 0 aromatic carbocycles. The smallest absolute Gasteiger partial charge is 0.337 e. The molecule has 0 saturated heterocycles. The van der Waals surface area contributed by atoms with Gasteiger partial charge in [0, 0.05) is 6.54 Å². The van der Waals surface area contributed by atoms with Gasteiger partial charge in [-0.05, 0) is 32.4 Å². The first-order valence-corrected chi connectivity index (χ1v) is 6.03. The molecular formula is C13H20N2O3. The summed E-state index contributed by atoms with van der Waals surface area (Å²) in [4.78, 5) is 15.0. The van der Waals surface area contributed by atoms with E-state index in [1.54, 1.807) is 19.9 Å². The number of carbonyl (C=O) groups is 1. The van der Waals surface area contributed by atoms with Crippen molar-refractivity contribution >= 4 is 11.8 Å². The number of aromatic carboxylic acids is 1. The third kappa shape index (κ3) is 4.00. The fourth-order valence-electron chi connectivity index (χ4n) is 1.79. The van der Waals surface area contributed by atoms with Gasteiger partial charge in [0.15, 0.2) is 0 Å². The maximum atomic E-state index is 10.8. The highest BCUT2D eigenvalue weighted by molar-refractivity contribution is 5.89. The van der Waals surface area contributed by atoms with Crippen molar-refractivity contribution in [3.63, 3.8) is 0 Å². The van der Waals surface area contributed by atoms with E-state index in [0.717, 1.165) is 6.42 Å². The Morgan fingerprint density at radius 3 is 2.67 bits per heavy atom. The van der Waals surface area contributed by atoms with Crippen molar-refractivity contribution in [3.05, 3.63) is 23.4 Å². The first kappa shape index (κ1) is 14.4. The average Bonchev–Trinajstić information content (AvgIpc) is 2.26. The van der Waals surface area contributed by atoms with Crippen molar-refractivity contribution in [2.75, 3.05) is 11.9 Å². The van der Waals surface area contributed by atoms with Gasteiger partial charge in [-0.15, -0.1) is 0 Å². The predicted molar refractivity (Wildman–Crippen MR) is 70.0 cm³/mol. The number of aliphatic hydroxyl groups is 1. The molecule has 5 heteroatoms. The van der Waals surface area contributed by atoms with Crippen LogP contribution in [0.2, 0.25) is 0 Å². The van der Waals surface area contributed by atoms with Gasteiger partial charge in [0.2, 0.25) is 0 Å². The van der Waals surface area contributed by atoms with E-state index in [4.69, 9.17) is 5.11 Å². The lowest BCUT2D eigenvalue weighted by atomic mass is 10.0. The lowest BCUT2D eigenvalue weighted by Crippen LogP contribution is -2.33. The summed E-state index contributed by atoms with van der Waals surface area (Å²) in [5.74, 6) is -0.404. The molecule has 0 bridgehead atoms. The number of hydrogen-bond donors (Lipinski definition) is 3. The molecule has 0 spiro atoms. The average molecular weight is 252 g/mol. The van der Waals surface area contributed by atoms with E-state index in [0.29, 0.717) is 24.5 Å². The van der Waals surface area contributed by atoms with Gasteiger partial charge in [0.1, 0.15) is 5.82 Å². The zero-order valence-corrected chi connectivity index (χ0v) is 11.0. The van der Waals surface area contributed by atoms with Crippen LogP contribution in [0.1, 0.15) is 42.7 Å². The summed E-state index contributed by atoms with van der Waals surface area (Å²) in [5, 5.41) is 21.9. The summed E-state index contributed by atoms with van der Waals surface area (Å²) in [7, 11) is 0. The third-order valence-corrected chi connectivity index (χ3v) is 2.76. The number of pyridine rings is 1. The molecule has 0 aliphatic heterocycles. The number of carboxylic acids is 1. The minimum atomic E-state index is -0.982. The molecule has 1 heterocycles. The van der Waals surface area contributed by atoms with Crippen LogP contribution < -0.4 is 5.32 Å². The highest BCUT2D eigenvalue weighted by atomic mass is 16.4. The summed E-state index contributed by atoms with van der Waals surface area (Å²) in [6.45, 7) is 5.82. The lowest BCUT2D eigenvalue weighted by Gasteiger charge is -2.23. The Morgan fingerprint density at radius 1 is 1.50 bits per heavy atom. The summed E-state index contributed by atoms with van der Waals surface area (Å²) in [5.41, 5.74) is -0.126. The van der Waals surface area contributed by atoms with Gasteiger partial charge in [-0.3, -0.25) is 0 Å². The van der Waals surface area contributed by atoms with Gasteiger partial charge >= 0.3 is 5.97 Å². The van der Waals surface area contributed by atoms with Gasteiger partial charge in [0.05, 0.1) is 16.9 Å². The van der Waals surface area contributed by atoms with Crippen LogP contribution in [0.15, 0.2) is 12.1 Å². The predicted octanol–water partition coefficient (Wildman–Crippen LogP) is 2.05. The topological polar surface area (TPSA) is 82.5 Å². The molecule has 1 aromatic heterocycles. The maximum absolute atomic E-state index is 10.8. The Hall–Kier alpha value is -1.62. The SMILES string of the molecule is CCCC(C)(O)CNc1ccc(C(=O)O)c(C)n1. The van der Waals surface area contributed by atoms with Gasteiger partial charge in [-0.1, -0.05) is 13.3 Å². The van der Waals surface area contributed by atoms with Crippen molar-refractivity contribution in [2.45, 2.75) is 39.2 Å². The summed E-state index contributed by atoms with van der Waals surface area (Å²) < 4.78 is 0. The minimum Gasteiger partial charge on any atom is -0.478 e. The van der Waals surface area contributed by atoms with Crippen LogP contribution in [-0.2, 0) is 0 Å². The number of aryl methyl sites for hydroxylation is 1. The third-order valence-electron chi connectivity index (χ3n) is 2.76. The van der Waals surface area contributed by atoms with E-state index < -0.39 is 11.6 Å². The summed E-state index contributed by atoms with van der Waals surface area (Å²) in [6, 6.07) is 3.13. The van der Waals surface area contributed by atoms with Crippen molar-refractivity contribution in [2.24, 2.45) is 0 Å². The number of rotatable bonds is 6. The van der Waals surface area contributed by atoms with Crippen LogP contribution in [0.5, 0.6) is 0 Å². The Morgan fingerprint density at radius 2 is 2.17 bits per heavy atom. The monoisotopic (exact) mass is 252 g/mol. The highest BCUT2D eigenvalue weighted by Crippen LogP contribution is 2.15. The van der Waals surface area contributed by atoms with E-state index in [9.17, 15) is 9.90 Å². The Kier molecular flexibility index (Phi) is 4.67. The van der Waals surface area contributed by atoms with Crippen molar-refractivity contribution in [1.82, 2.24) is 4.98 Å². The van der Waals surface area contributed by atoms with Crippen LogP contribution in [0.3, 0.4) is 0 Å². The molecule has 100 valence electrons. The van der Waals surface area contributed by atoms with E-state index in [2.05, 4.69) is 10.3 Å². The first-order valence-electron chi connectivity index (χ1n) is 6.03. The first-order chi connectivity index (χ1) is 8.35. The minimum absolute atomic E-state index is 0.195. The van der Waals surface area contributed by atoms with E-state index >= 15 is 0 Å². The number of nitrogens with one attached hydrogen (secondary N) is 1. The fraction of sp³-hybridized carbons (Fsp3) is 0.538. The quantitative estimate of drug-likeness (QED) is 0.721. The molecule has 1 rings (SSSR count). The highest BCUT2D eigenvalue weighted by Gasteiger charge is 2.19. The molecule has 3 N–H and O–H groups in total. The van der Waals surface area contributed by atoms with Crippen LogP contribution in [0.4, 0.5) is 5.82 Å². The Labute approximate surface area is 107 Å². The molecule has 0 amide bonds. The molecule has 0 radical (unpaired) electrons. The Balaban J connectivity index is 2.70. The van der Waals surface area contributed by atoms with Crippen molar-refractivity contribution < 1.29 is 15.0 Å². The summed E-state index contributed by atoms with van der Waals surface area (Å²) >= 11 is 0. The molecular weight excluding hydrogens is 232 g/mol. The Bertz CT molecular complexity index is 430. The second-order valence-corrected chi connectivity index (χ2v) is 4.74. The van der Waals surface area contributed by atoms with Gasteiger partial charge in [-0.2, -0.15) is 0 Å². The molecule has 5 nitrogen and oxygen atoms in total. The molecule has 18 heavy (non-hydrogen) atoms. The number of hydrogen-bond acceptors (Lipinski definition) is 4. The van der Waals surface area contributed by atoms with E-state index in [-0.39, 0.29) is 5.56 Å². The molecule has 0 aliphatic rings. The van der Waals surface area contributed by atoms with Gasteiger partial charge in [-0.25, -0.2) is 9.78 Å². The molecule has 1 unspecified atom stereocenters. The van der Waals surface area contributed by atoms with E-state index in [1.807, 2.05) is 6.92 Å². The van der Waals surface area contributed by atoms with Crippen LogP contribution in [-0.4, -0.2) is 33.3 Å². The molecule has 1 aromatic rings. The fourth-order valence-corrected chi connectivity index (χ4v) is 1.79. The van der Waals surface area contributed by atoms with Crippen molar-refractivity contribution in [3.8, 4) is 0 Å². The maximum Gasteiger partial charge on any atom is 0.337 e. The molecule has 0 aliphatic carbocycles. The largest absolute Gasteiger partial charge is 0.478 e. The van der Waals surface area contributed by atoms with Gasteiger partial charge in [0.25, 0.3) is 0 Å². The zero-order valence-electron chi connectivity index (χ0n) is 11.0. The standard InChI is InChI=1S/C13H20N2O3/c1-4-7-13(3,18)8-14-11-6-5-10(12(16)17)9(2)15-11/h5-6,18H,4,7-8H2,1-3H3,(H,14,15)(H,16,17). The van der Waals surface area contributed by atoms with Crippen LogP contribution >= 0.6 is 0 Å². The molecule has 0 fully saturated rings. The second-order valence-electron chi connectivity index (χ2n) is 4.74. The number of aromatic nitrogens is 1. The van der Waals surface area contributed by atoms with Gasteiger partial charge < -0.3 is 15.5 Å². The molecule has 1 atom stereocenters. The lowest BCUT2D eigenvalue weighted by molar-refractivity contribution is 0.0634. The second kappa shape index (κ2) is 5.82. The van der Waals surface area contributed by atoms with Crippen LogP contribution in [0.25, 0.3) is 0 Å². The molecule has 0 saturated carbocycles. The zero-order chi connectivity index (χ0) is 13.8. The number of nitrogens with zero attached hydrogens (tertiary/aromatic N) is 1. The van der Waals surface area contributed by atoms with Crippen molar-refractivity contribution in [1.29, 1.82) is 0 Å². The van der Waals surface area contributed by atoms with Crippen LogP contribution in [0, 0.1) is 6.92 Å². The number of anilines is 1.